The monoisotopic (exact) mass is 534 g/mol. The van der Waals surface area contributed by atoms with Crippen molar-refractivity contribution < 1.29 is 41.8 Å². The molecule has 0 unspecified atom stereocenters. The van der Waals surface area contributed by atoms with E-state index in [0.29, 0.717) is 23.3 Å². The fourth-order valence-electron chi connectivity index (χ4n) is 3.62. The summed E-state index contributed by atoms with van der Waals surface area (Å²) >= 11 is 0. The molecule has 0 atom stereocenters. The van der Waals surface area contributed by atoms with Gasteiger partial charge in [-0.3, -0.25) is 4.40 Å². The topological polar surface area (TPSA) is 121 Å². The third-order valence-corrected chi connectivity index (χ3v) is 5.32. The smallest absolute Gasteiger partial charge is 0.437 e. The molecule has 10 nitrogen and oxygen atoms in total. The molecule has 0 spiro atoms. The largest absolute Gasteiger partial charge is 0.460 e. The Morgan fingerprint density at radius 1 is 1.18 bits per heavy atom. The third kappa shape index (κ3) is 6.11. The van der Waals surface area contributed by atoms with Crippen molar-refractivity contribution in [2.24, 2.45) is 0 Å². The van der Waals surface area contributed by atoms with Crippen LogP contribution in [0.4, 0.5) is 13.2 Å². The predicted molar refractivity (Wildman–Crippen MR) is 127 cm³/mol. The van der Waals surface area contributed by atoms with Gasteiger partial charge in [-0.25, -0.2) is 14.8 Å². The molecule has 0 saturated heterocycles. The van der Waals surface area contributed by atoms with E-state index in [1.165, 1.54) is 23.0 Å². The van der Waals surface area contributed by atoms with Crippen LogP contribution in [0.5, 0.6) is 11.6 Å². The molecule has 0 aliphatic carbocycles. The van der Waals surface area contributed by atoms with Gasteiger partial charge in [0.1, 0.15) is 18.6 Å². The standard InChI is InChI=1S/C25H25F3N4O6/c1-4-15-11-16(5-6-17(15)23(33)36-10-9-35-14-24(2,3)34)38-22-21-30-12-19(32(21)8-7-29-22)18-13-37-31-20(18)25(26,27)28/h5-8,11-13,34H,4,9-10,14H2,1-3H3. The van der Waals surface area contributed by atoms with Crippen molar-refractivity contribution in [3.8, 4) is 22.9 Å². The van der Waals surface area contributed by atoms with Crippen molar-refractivity contribution in [1.82, 2.24) is 19.5 Å². The summed E-state index contributed by atoms with van der Waals surface area (Å²) in [5, 5.41) is 12.7. The number of aromatic nitrogens is 4. The van der Waals surface area contributed by atoms with Gasteiger partial charge >= 0.3 is 12.1 Å². The molecule has 3 aromatic heterocycles. The highest BCUT2D eigenvalue weighted by Gasteiger charge is 2.38. The average Bonchev–Trinajstić information content (AvgIpc) is 3.50. The number of aryl methyl sites for hydroxylation is 1. The molecule has 4 aromatic rings. The number of fused-ring (bicyclic) bond motifs is 1. The molecule has 0 radical (unpaired) electrons. The molecule has 13 heteroatoms. The van der Waals surface area contributed by atoms with Crippen LogP contribution < -0.4 is 4.74 Å². The minimum atomic E-state index is -4.71. The lowest BCUT2D eigenvalue weighted by Gasteiger charge is -2.17. The Hall–Kier alpha value is -3.97. The van der Waals surface area contributed by atoms with Crippen LogP contribution in [0.15, 0.2) is 47.6 Å². The van der Waals surface area contributed by atoms with Crippen LogP contribution in [0, 0.1) is 0 Å². The number of alkyl halides is 3. The van der Waals surface area contributed by atoms with Crippen LogP contribution in [0.1, 0.15) is 42.4 Å². The third-order valence-electron chi connectivity index (χ3n) is 5.32. The Morgan fingerprint density at radius 3 is 2.68 bits per heavy atom. The SMILES string of the molecule is CCc1cc(Oc2nccn3c(-c4conc4C(F)(F)F)cnc23)ccc1C(=O)OCCOCC(C)(C)O. The lowest BCUT2D eigenvalue weighted by atomic mass is 10.1. The molecule has 0 aliphatic rings. The maximum Gasteiger partial charge on any atom is 0.437 e. The van der Waals surface area contributed by atoms with Crippen LogP contribution in [0.25, 0.3) is 16.9 Å². The first kappa shape index (κ1) is 27.1. The van der Waals surface area contributed by atoms with E-state index in [2.05, 4.69) is 19.6 Å². The Balaban J connectivity index is 1.51. The van der Waals surface area contributed by atoms with Gasteiger partial charge in [0.05, 0.1) is 41.8 Å². The summed E-state index contributed by atoms with van der Waals surface area (Å²) in [6.45, 7) is 5.35. The number of hydrogen-bond acceptors (Lipinski definition) is 9. The van der Waals surface area contributed by atoms with E-state index in [0.717, 1.165) is 6.26 Å². The van der Waals surface area contributed by atoms with Gasteiger partial charge < -0.3 is 23.8 Å². The first-order valence-electron chi connectivity index (χ1n) is 11.6. The number of halogens is 3. The molecule has 4 rings (SSSR count). The lowest BCUT2D eigenvalue weighted by molar-refractivity contribution is -0.142. The van der Waals surface area contributed by atoms with Crippen LogP contribution in [-0.4, -0.2) is 56.0 Å². The predicted octanol–water partition coefficient (Wildman–Crippen LogP) is 4.70. The van der Waals surface area contributed by atoms with Crippen LogP contribution in [0.2, 0.25) is 0 Å². The van der Waals surface area contributed by atoms with Crippen molar-refractivity contribution in [2.45, 2.75) is 39.0 Å². The molecule has 0 bridgehead atoms. The maximum absolute atomic E-state index is 13.3. The highest BCUT2D eigenvalue weighted by atomic mass is 19.4. The van der Waals surface area contributed by atoms with E-state index < -0.39 is 23.4 Å². The van der Waals surface area contributed by atoms with Gasteiger partial charge in [0.15, 0.2) is 5.69 Å². The van der Waals surface area contributed by atoms with Crippen molar-refractivity contribution in [3.63, 3.8) is 0 Å². The number of carbonyl (C=O) groups is 1. The summed E-state index contributed by atoms with van der Waals surface area (Å²) in [4.78, 5) is 20.9. The molecular formula is C25H25F3N4O6. The Kier molecular flexibility index (Phi) is 7.69. The van der Waals surface area contributed by atoms with Gasteiger partial charge in [-0.2, -0.15) is 13.2 Å². The fraction of sp³-hybridized carbons (Fsp3) is 0.360. The summed E-state index contributed by atoms with van der Waals surface area (Å²) in [5.74, 6) is -0.143. The number of esters is 1. The van der Waals surface area contributed by atoms with Crippen molar-refractivity contribution in [1.29, 1.82) is 0 Å². The Morgan fingerprint density at radius 2 is 1.97 bits per heavy atom. The second-order valence-corrected chi connectivity index (χ2v) is 8.92. The Labute approximate surface area is 215 Å². The van der Waals surface area contributed by atoms with Gasteiger partial charge in [-0.1, -0.05) is 12.1 Å². The molecular weight excluding hydrogens is 509 g/mol. The number of benzene rings is 1. The molecule has 202 valence electrons. The number of ether oxygens (including phenoxy) is 3. The average molecular weight is 534 g/mol. The zero-order valence-corrected chi connectivity index (χ0v) is 20.8. The molecule has 0 amide bonds. The highest BCUT2D eigenvalue weighted by Crippen LogP contribution is 2.37. The minimum absolute atomic E-state index is 0.0205. The van der Waals surface area contributed by atoms with E-state index in [9.17, 15) is 23.1 Å². The molecule has 1 N–H and O–H groups in total. The molecule has 3 heterocycles. The zero-order chi connectivity index (χ0) is 27.5. The zero-order valence-electron chi connectivity index (χ0n) is 20.8. The van der Waals surface area contributed by atoms with E-state index in [-0.39, 0.29) is 42.6 Å². The normalized spacial score (nSPS) is 12.2. The van der Waals surface area contributed by atoms with Crippen LogP contribution in [0.3, 0.4) is 0 Å². The van der Waals surface area contributed by atoms with Gasteiger partial charge in [-0.05, 0) is 44.0 Å². The number of imidazole rings is 1. The minimum Gasteiger partial charge on any atom is -0.460 e. The molecule has 0 saturated carbocycles. The number of rotatable bonds is 10. The van der Waals surface area contributed by atoms with Crippen LogP contribution in [-0.2, 0) is 22.1 Å². The summed E-state index contributed by atoms with van der Waals surface area (Å²) in [6.07, 6.45) is 0.739. The van der Waals surface area contributed by atoms with Crippen molar-refractivity contribution >= 4 is 11.6 Å². The molecule has 0 aliphatic heterocycles. The molecule has 38 heavy (non-hydrogen) atoms. The quantitative estimate of drug-likeness (QED) is 0.228. The Bertz CT molecular complexity index is 1420. The summed E-state index contributed by atoms with van der Waals surface area (Å²) in [6, 6.07) is 4.76. The van der Waals surface area contributed by atoms with Crippen molar-refractivity contribution in [3.05, 3.63) is 59.9 Å². The van der Waals surface area contributed by atoms with E-state index in [1.807, 2.05) is 6.92 Å². The number of nitrogens with zero attached hydrogens (tertiary/aromatic N) is 4. The summed E-state index contributed by atoms with van der Waals surface area (Å²) < 4.78 is 62.3. The van der Waals surface area contributed by atoms with E-state index in [1.54, 1.807) is 32.0 Å². The van der Waals surface area contributed by atoms with E-state index in [4.69, 9.17) is 14.2 Å². The van der Waals surface area contributed by atoms with E-state index >= 15 is 0 Å². The number of carbonyl (C=O) groups excluding carboxylic acids is 1. The number of aliphatic hydroxyl groups is 1. The summed E-state index contributed by atoms with van der Waals surface area (Å²) in [7, 11) is 0. The highest BCUT2D eigenvalue weighted by molar-refractivity contribution is 5.91. The maximum atomic E-state index is 13.3. The number of hydrogen-bond donors (Lipinski definition) is 1. The van der Waals surface area contributed by atoms with Gasteiger partial charge in [0, 0.05) is 12.4 Å². The van der Waals surface area contributed by atoms with Gasteiger partial charge in [-0.15, -0.1) is 0 Å². The van der Waals surface area contributed by atoms with Gasteiger partial charge in [0.2, 0.25) is 5.65 Å². The second-order valence-electron chi connectivity index (χ2n) is 8.92. The fourth-order valence-corrected chi connectivity index (χ4v) is 3.62. The molecule has 1 aromatic carbocycles. The first-order valence-corrected chi connectivity index (χ1v) is 11.6. The van der Waals surface area contributed by atoms with Crippen LogP contribution >= 0.6 is 0 Å². The molecule has 0 fully saturated rings. The first-order chi connectivity index (χ1) is 18.0. The second kappa shape index (κ2) is 10.8. The van der Waals surface area contributed by atoms with Crippen molar-refractivity contribution in [2.75, 3.05) is 19.8 Å². The summed E-state index contributed by atoms with van der Waals surface area (Å²) in [5.41, 5.74) is -1.15. The lowest BCUT2D eigenvalue weighted by Crippen LogP contribution is -2.27. The van der Waals surface area contributed by atoms with Gasteiger partial charge in [0.25, 0.3) is 5.88 Å².